The number of thiol groups is 2. The second-order valence-electron chi connectivity index (χ2n) is 4.84. The third kappa shape index (κ3) is 6.80. The van der Waals surface area contributed by atoms with Crippen LogP contribution in [0.3, 0.4) is 0 Å². The van der Waals surface area contributed by atoms with Crippen molar-refractivity contribution in [2.24, 2.45) is 0 Å². The summed E-state index contributed by atoms with van der Waals surface area (Å²) in [5, 5.41) is 0. The van der Waals surface area contributed by atoms with E-state index in [9.17, 15) is 0 Å². The summed E-state index contributed by atoms with van der Waals surface area (Å²) in [7, 11) is 0. The highest BCUT2D eigenvalue weighted by Crippen LogP contribution is 2.20. The number of hydrogen-bond acceptors (Lipinski definition) is 4. The van der Waals surface area contributed by atoms with Gasteiger partial charge in [0.1, 0.15) is 5.75 Å². The maximum atomic E-state index is 5.66. The van der Waals surface area contributed by atoms with E-state index < -0.39 is 0 Å². The molecular weight excluding hydrogens is 286 g/mol. The lowest BCUT2D eigenvalue weighted by Gasteiger charge is -2.24. The molecule has 0 unspecified atom stereocenters. The van der Waals surface area contributed by atoms with E-state index in [1.165, 1.54) is 18.5 Å². The van der Waals surface area contributed by atoms with Crippen molar-refractivity contribution in [3.8, 4) is 5.75 Å². The number of rotatable bonds is 11. The van der Waals surface area contributed by atoms with Crippen LogP contribution in [0.15, 0.2) is 24.3 Å². The van der Waals surface area contributed by atoms with Crippen molar-refractivity contribution < 1.29 is 4.74 Å². The van der Waals surface area contributed by atoms with E-state index in [1.807, 2.05) is 0 Å². The molecule has 0 amide bonds. The average Bonchev–Trinajstić information content (AvgIpc) is 2.49. The highest BCUT2D eigenvalue weighted by atomic mass is 32.1. The van der Waals surface area contributed by atoms with Gasteiger partial charge in [-0.3, -0.25) is 0 Å². The van der Waals surface area contributed by atoms with Gasteiger partial charge < -0.3 is 9.64 Å². The van der Waals surface area contributed by atoms with E-state index in [0.717, 1.165) is 49.8 Å². The molecule has 0 aliphatic carbocycles. The maximum absolute atomic E-state index is 5.66. The van der Waals surface area contributed by atoms with Gasteiger partial charge in [0.25, 0.3) is 0 Å². The molecule has 0 atom stereocenters. The van der Waals surface area contributed by atoms with Crippen LogP contribution >= 0.6 is 25.3 Å². The van der Waals surface area contributed by atoms with Gasteiger partial charge in [0, 0.05) is 18.8 Å². The molecule has 0 aromatic heterocycles. The summed E-state index contributed by atoms with van der Waals surface area (Å²) in [6, 6.07) is 8.44. The van der Waals surface area contributed by atoms with Gasteiger partial charge >= 0.3 is 0 Å². The molecule has 1 aromatic rings. The highest BCUT2D eigenvalue weighted by Gasteiger charge is 2.05. The van der Waals surface area contributed by atoms with E-state index in [2.05, 4.69) is 61.3 Å². The first kappa shape index (κ1) is 17.6. The lowest BCUT2D eigenvalue weighted by molar-refractivity contribution is 0.319. The zero-order chi connectivity index (χ0) is 14.6. The fourth-order valence-electron chi connectivity index (χ4n) is 1.99. The van der Waals surface area contributed by atoms with Crippen LogP contribution in [0.1, 0.15) is 32.6 Å². The van der Waals surface area contributed by atoms with Crippen LogP contribution in [-0.4, -0.2) is 31.2 Å². The first-order valence-corrected chi connectivity index (χ1v) is 8.77. The van der Waals surface area contributed by atoms with Crippen molar-refractivity contribution in [3.63, 3.8) is 0 Å². The predicted molar refractivity (Wildman–Crippen MR) is 96.0 cm³/mol. The van der Waals surface area contributed by atoms with Crippen LogP contribution in [0.5, 0.6) is 5.75 Å². The van der Waals surface area contributed by atoms with Gasteiger partial charge in [-0.25, -0.2) is 0 Å². The summed E-state index contributed by atoms with van der Waals surface area (Å²) >= 11 is 8.49. The van der Waals surface area contributed by atoms with Gasteiger partial charge in [-0.1, -0.05) is 13.3 Å². The summed E-state index contributed by atoms with van der Waals surface area (Å²) in [5.74, 6) is 2.75. The first-order valence-electron chi connectivity index (χ1n) is 7.51. The number of hydrogen-bond donors (Lipinski definition) is 2. The quantitative estimate of drug-likeness (QED) is 0.466. The van der Waals surface area contributed by atoms with Gasteiger partial charge in [-0.15, -0.1) is 0 Å². The van der Waals surface area contributed by atoms with Crippen molar-refractivity contribution in [1.82, 2.24) is 0 Å². The van der Waals surface area contributed by atoms with E-state index in [0.29, 0.717) is 0 Å². The molecule has 20 heavy (non-hydrogen) atoms. The third-order valence-corrected chi connectivity index (χ3v) is 3.77. The number of unbranched alkanes of at least 4 members (excludes halogenated alkanes) is 1. The molecule has 0 bridgehead atoms. The molecule has 0 heterocycles. The Morgan fingerprint density at radius 3 is 2.20 bits per heavy atom. The summed E-state index contributed by atoms with van der Waals surface area (Å²) in [6.07, 6.45) is 4.55. The van der Waals surface area contributed by atoms with Crippen LogP contribution in [0.25, 0.3) is 0 Å². The van der Waals surface area contributed by atoms with Crippen LogP contribution in [0.4, 0.5) is 5.69 Å². The number of nitrogens with zero attached hydrogens (tertiary/aromatic N) is 1. The topological polar surface area (TPSA) is 12.5 Å². The second-order valence-corrected chi connectivity index (χ2v) is 5.73. The molecule has 0 saturated heterocycles. The van der Waals surface area contributed by atoms with Crippen molar-refractivity contribution in [2.75, 3.05) is 36.1 Å². The Labute approximate surface area is 134 Å². The molecule has 0 spiro atoms. The Morgan fingerprint density at radius 1 is 0.950 bits per heavy atom. The molecular formula is C16H27NOS2. The van der Waals surface area contributed by atoms with Crippen LogP contribution in [-0.2, 0) is 0 Å². The lowest BCUT2D eigenvalue weighted by Crippen LogP contribution is -2.25. The second kappa shape index (κ2) is 11.2. The number of ether oxygens (including phenoxy) is 1. The minimum atomic E-state index is 0.738. The third-order valence-electron chi connectivity index (χ3n) is 3.14. The van der Waals surface area contributed by atoms with Gasteiger partial charge in [0.2, 0.25) is 0 Å². The minimum Gasteiger partial charge on any atom is -0.494 e. The standard InChI is InChI=1S/C16H27NOS2/c1-2-3-10-17(11-4-13-19)15-6-8-16(9-7-15)18-12-5-14-20/h6-9,19-20H,2-5,10-14H2,1H3. The minimum absolute atomic E-state index is 0.738. The highest BCUT2D eigenvalue weighted by molar-refractivity contribution is 7.80. The summed E-state index contributed by atoms with van der Waals surface area (Å²) < 4.78 is 5.66. The molecule has 0 aliphatic heterocycles. The summed E-state index contributed by atoms with van der Waals surface area (Å²) in [5.41, 5.74) is 1.28. The summed E-state index contributed by atoms with van der Waals surface area (Å²) in [6.45, 7) is 5.16. The van der Waals surface area contributed by atoms with E-state index in [4.69, 9.17) is 4.74 Å². The van der Waals surface area contributed by atoms with Crippen molar-refractivity contribution in [1.29, 1.82) is 0 Å². The molecule has 114 valence electrons. The van der Waals surface area contributed by atoms with E-state index in [-0.39, 0.29) is 0 Å². The van der Waals surface area contributed by atoms with Gasteiger partial charge in [-0.2, -0.15) is 25.3 Å². The largest absolute Gasteiger partial charge is 0.494 e. The maximum Gasteiger partial charge on any atom is 0.119 e. The SMILES string of the molecule is CCCCN(CCCS)c1ccc(OCCCS)cc1. The lowest BCUT2D eigenvalue weighted by atomic mass is 10.2. The molecule has 2 nitrogen and oxygen atoms in total. The molecule has 1 aromatic carbocycles. The Balaban J connectivity index is 2.56. The fraction of sp³-hybridized carbons (Fsp3) is 0.625. The van der Waals surface area contributed by atoms with Crippen LogP contribution in [0, 0.1) is 0 Å². The predicted octanol–water partition coefficient (Wildman–Crippen LogP) is 4.31. The van der Waals surface area contributed by atoms with Crippen LogP contribution < -0.4 is 9.64 Å². The molecule has 0 N–H and O–H groups in total. The van der Waals surface area contributed by atoms with Crippen molar-refractivity contribution in [2.45, 2.75) is 32.6 Å². The zero-order valence-corrected chi connectivity index (χ0v) is 14.2. The first-order chi connectivity index (χ1) is 9.81. The average molecular weight is 314 g/mol. The van der Waals surface area contributed by atoms with Gasteiger partial charge in [0.05, 0.1) is 6.61 Å². The molecule has 1 rings (SSSR count). The molecule has 0 saturated carbocycles. The molecule has 4 heteroatoms. The van der Waals surface area contributed by atoms with Gasteiger partial charge in [0.15, 0.2) is 0 Å². The van der Waals surface area contributed by atoms with E-state index in [1.54, 1.807) is 0 Å². The molecule has 0 fully saturated rings. The van der Waals surface area contributed by atoms with Crippen LogP contribution in [0.2, 0.25) is 0 Å². The Hall–Kier alpha value is -0.480. The van der Waals surface area contributed by atoms with Crippen molar-refractivity contribution in [3.05, 3.63) is 24.3 Å². The molecule has 0 radical (unpaired) electrons. The number of benzene rings is 1. The van der Waals surface area contributed by atoms with E-state index >= 15 is 0 Å². The number of anilines is 1. The Kier molecular flexibility index (Phi) is 9.85. The molecule has 0 aliphatic rings. The Morgan fingerprint density at radius 2 is 1.60 bits per heavy atom. The monoisotopic (exact) mass is 313 g/mol. The fourth-order valence-corrected chi connectivity index (χ4v) is 2.26. The Bertz CT molecular complexity index is 335. The normalized spacial score (nSPS) is 10.6. The van der Waals surface area contributed by atoms with Crippen molar-refractivity contribution >= 4 is 30.9 Å². The zero-order valence-electron chi connectivity index (χ0n) is 12.4. The smallest absolute Gasteiger partial charge is 0.119 e. The summed E-state index contributed by atoms with van der Waals surface area (Å²) in [4.78, 5) is 2.44. The van der Waals surface area contributed by atoms with Gasteiger partial charge in [-0.05, 0) is 55.0 Å².